The number of nitrogens with zero attached hydrogens (tertiary/aromatic N) is 1. The molecule has 0 saturated heterocycles. The summed E-state index contributed by atoms with van der Waals surface area (Å²) in [5.41, 5.74) is 4.50. The Kier molecular flexibility index (Phi) is 27.0. The van der Waals surface area contributed by atoms with Gasteiger partial charge in [-0.15, -0.1) is 6.58 Å². The van der Waals surface area contributed by atoms with E-state index >= 15 is 0 Å². The van der Waals surface area contributed by atoms with Gasteiger partial charge >= 0.3 is 0 Å². The fourth-order valence-corrected chi connectivity index (χ4v) is 1.78. The molecule has 106 valence electrons. The van der Waals surface area contributed by atoms with Gasteiger partial charge < -0.3 is 10.6 Å². The van der Waals surface area contributed by atoms with Crippen molar-refractivity contribution in [3.63, 3.8) is 0 Å². The molecular formula is C15H36N2. The zero-order chi connectivity index (χ0) is 14.1. The first kappa shape index (κ1) is 21.9. The number of hydrogen-bond donors (Lipinski definition) is 1. The van der Waals surface area contributed by atoms with E-state index in [4.69, 9.17) is 0 Å². The molecule has 0 unspecified atom stereocenters. The molecule has 1 aliphatic carbocycles. The zero-order valence-electron chi connectivity index (χ0n) is 13.1. The van der Waals surface area contributed by atoms with E-state index in [1.165, 1.54) is 45.7 Å². The smallest absolute Gasteiger partial charge is 0.00920 e. The average Bonchev–Trinajstić information content (AvgIpc) is 2.44. The fraction of sp³-hybridized carbons (Fsp3) is 0.867. The van der Waals surface area contributed by atoms with Crippen molar-refractivity contribution in [2.45, 2.75) is 65.8 Å². The average molecular weight is 244 g/mol. The van der Waals surface area contributed by atoms with Gasteiger partial charge in [0.25, 0.3) is 0 Å². The Balaban J connectivity index is -0.000000239. The Morgan fingerprint density at radius 1 is 1.18 bits per heavy atom. The largest absolute Gasteiger partial charge is 0.333 e. The van der Waals surface area contributed by atoms with Gasteiger partial charge in [-0.25, -0.2) is 0 Å². The number of hydrogen-bond acceptors (Lipinski definition) is 2. The normalized spacial score (nSPS) is 14.4. The lowest BCUT2D eigenvalue weighted by Crippen LogP contribution is -2.32. The van der Waals surface area contributed by atoms with Crippen molar-refractivity contribution in [2.75, 3.05) is 20.6 Å². The first-order valence-corrected chi connectivity index (χ1v) is 7.11. The van der Waals surface area contributed by atoms with Gasteiger partial charge in [0.05, 0.1) is 0 Å². The van der Waals surface area contributed by atoms with Crippen LogP contribution in [0.25, 0.3) is 0 Å². The monoisotopic (exact) mass is 244 g/mol. The second kappa shape index (κ2) is 21.0. The first-order valence-electron chi connectivity index (χ1n) is 7.11. The van der Waals surface area contributed by atoms with Crippen LogP contribution >= 0.6 is 0 Å². The molecule has 0 amide bonds. The maximum absolute atomic E-state index is 4.50. The van der Waals surface area contributed by atoms with E-state index in [1.807, 2.05) is 20.8 Å². The summed E-state index contributed by atoms with van der Waals surface area (Å²) in [7, 11) is 3.75. The molecule has 1 fully saturated rings. The van der Waals surface area contributed by atoms with Gasteiger partial charge in [0.15, 0.2) is 0 Å². The Hall–Kier alpha value is -0.340. The lowest BCUT2D eigenvalue weighted by atomic mass is 9.95. The van der Waals surface area contributed by atoms with E-state index < -0.39 is 0 Å². The first-order chi connectivity index (χ1) is 8.26. The molecule has 1 saturated carbocycles. The van der Waals surface area contributed by atoms with Crippen LogP contribution in [0.3, 0.4) is 0 Å². The summed E-state index contributed by atoms with van der Waals surface area (Å²) >= 11 is 0. The fourth-order valence-electron chi connectivity index (χ4n) is 1.78. The van der Waals surface area contributed by atoms with E-state index in [9.17, 15) is 0 Å². The van der Waals surface area contributed by atoms with Crippen LogP contribution in [0.1, 0.15) is 59.8 Å². The van der Waals surface area contributed by atoms with E-state index in [0.717, 1.165) is 6.04 Å². The van der Waals surface area contributed by atoms with Crippen molar-refractivity contribution >= 4 is 0 Å². The zero-order valence-corrected chi connectivity index (χ0v) is 13.1. The Morgan fingerprint density at radius 3 is 1.82 bits per heavy atom. The third kappa shape index (κ3) is 15.7. The molecule has 0 bridgehead atoms. The van der Waals surface area contributed by atoms with Gasteiger partial charge in [0, 0.05) is 6.04 Å². The highest BCUT2D eigenvalue weighted by molar-refractivity contribution is 4.72. The molecule has 2 N–H and O–H groups in total. The number of rotatable bonds is 2. The molecule has 0 aromatic heterocycles. The van der Waals surface area contributed by atoms with E-state index in [1.54, 1.807) is 6.08 Å². The molecule has 0 aromatic rings. The van der Waals surface area contributed by atoms with Gasteiger partial charge in [-0.05, 0) is 40.4 Å². The summed E-state index contributed by atoms with van der Waals surface area (Å²) < 4.78 is 0. The molecule has 2 heteroatoms. The van der Waals surface area contributed by atoms with Crippen molar-refractivity contribution in [3.05, 3.63) is 12.7 Å². The van der Waals surface area contributed by atoms with Gasteiger partial charge in [-0.1, -0.05) is 46.1 Å². The summed E-state index contributed by atoms with van der Waals surface area (Å²) in [5.74, 6) is 0. The highest BCUT2D eigenvalue weighted by Crippen LogP contribution is 2.20. The van der Waals surface area contributed by atoms with Crippen LogP contribution in [-0.2, 0) is 0 Å². The van der Waals surface area contributed by atoms with Crippen molar-refractivity contribution in [2.24, 2.45) is 5.73 Å². The Bertz CT molecular complexity index is 118. The quantitative estimate of drug-likeness (QED) is 0.742. The summed E-state index contributed by atoms with van der Waals surface area (Å²) in [4.78, 5) is 2.49. The molecule has 0 aliphatic heterocycles. The lowest BCUT2D eigenvalue weighted by molar-refractivity contribution is 0.200. The predicted octanol–water partition coefficient (Wildman–Crippen LogP) is 4.06. The van der Waals surface area contributed by atoms with Crippen LogP contribution in [0, 0.1) is 0 Å². The molecule has 2 nitrogen and oxygen atoms in total. The van der Waals surface area contributed by atoms with Crippen molar-refractivity contribution in [3.8, 4) is 0 Å². The van der Waals surface area contributed by atoms with Crippen LogP contribution in [0.4, 0.5) is 0 Å². The van der Waals surface area contributed by atoms with Crippen molar-refractivity contribution in [1.29, 1.82) is 0 Å². The second-order valence-electron chi connectivity index (χ2n) is 3.77. The SMILES string of the molecule is C=CC.CC.CCN(C)C1CCCCC1.CN. The molecule has 0 aromatic carbocycles. The molecule has 1 rings (SSSR count). The highest BCUT2D eigenvalue weighted by atomic mass is 15.1. The number of allylic oxidation sites excluding steroid dienone is 1. The van der Waals surface area contributed by atoms with E-state index in [2.05, 4.69) is 31.2 Å². The Labute approximate surface area is 110 Å². The van der Waals surface area contributed by atoms with Crippen molar-refractivity contribution < 1.29 is 0 Å². The lowest BCUT2D eigenvalue weighted by Gasteiger charge is -2.29. The topological polar surface area (TPSA) is 29.3 Å². The second-order valence-corrected chi connectivity index (χ2v) is 3.77. The molecule has 0 spiro atoms. The van der Waals surface area contributed by atoms with Crippen molar-refractivity contribution in [1.82, 2.24) is 4.90 Å². The van der Waals surface area contributed by atoms with Gasteiger partial charge in [0.2, 0.25) is 0 Å². The summed E-state index contributed by atoms with van der Waals surface area (Å²) in [5, 5.41) is 0. The van der Waals surface area contributed by atoms with Gasteiger partial charge in [-0.2, -0.15) is 0 Å². The minimum absolute atomic E-state index is 0.902. The molecule has 0 atom stereocenters. The molecule has 17 heavy (non-hydrogen) atoms. The van der Waals surface area contributed by atoms with E-state index in [0.29, 0.717) is 0 Å². The molecule has 0 heterocycles. The Morgan fingerprint density at radius 2 is 1.53 bits per heavy atom. The van der Waals surface area contributed by atoms with Crippen LogP contribution in [-0.4, -0.2) is 31.6 Å². The highest BCUT2D eigenvalue weighted by Gasteiger charge is 2.15. The minimum Gasteiger partial charge on any atom is -0.333 e. The van der Waals surface area contributed by atoms with Crippen LogP contribution in [0.15, 0.2) is 12.7 Å². The van der Waals surface area contributed by atoms with Gasteiger partial charge in [0.1, 0.15) is 0 Å². The van der Waals surface area contributed by atoms with Crippen LogP contribution in [0.2, 0.25) is 0 Å². The number of nitrogens with two attached hydrogens (primary N) is 1. The summed E-state index contributed by atoms with van der Waals surface area (Å²) in [6.45, 7) is 12.7. The third-order valence-corrected chi connectivity index (χ3v) is 2.70. The minimum atomic E-state index is 0.902. The van der Waals surface area contributed by atoms with Crippen LogP contribution in [0.5, 0.6) is 0 Å². The van der Waals surface area contributed by atoms with Gasteiger partial charge in [-0.3, -0.25) is 0 Å². The molecular weight excluding hydrogens is 208 g/mol. The molecule has 0 radical (unpaired) electrons. The maximum Gasteiger partial charge on any atom is 0.00920 e. The van der Waals surface area contributed by atoms with E-state index in [-0.39, 0.29) is 0 Å². The maximum atomic E-state index is 4.50. The standard InChI is InChI=1S/C9H19N.C3H6.C2H6.CH5N/c1-3-10(2)9-7-5-4-6-8-9;1-3-2;2*1-2/h9H,3-8H2,1-2H3;3H,1H2,2H3;1-2H3;2H2,1H3. The summed E-state index contributed by atoms with van der Waals surface area (Å²) in [6, 6.07) is 0.902. The third-order valence-electron chi connectivity index (χ3n) is 2.70. The van der Waals surface area contributed by atoms with Crippen LogP contribution < -0.4 is 5.73 Å². The predicted molar refractivity (Wildman–Crippen MR) is 82.5 cm³/mol. The molecule has 1 aliphatic rings. The summed E-state index contributed by atoms with van der Waals surface area (Å²) in [6.07, 6.45) is 8.99.